The molecule has 2 rings (SSSR count). The number of carboxylic acids is 1. The molecular weight excluding hydrogens is 306 g/mol. The van der Waals surface area contributed by atoms with Crippen molar-refractivity contribution >= 4 is 23.2 Å². The first-order valence-electron chi connectivity index (χ1n) is 6.53. The molecule has 8 nitrogen and oxygen atoms in total. The number of aryl methyl sites for hydroxylation is 1. The second-order valence-electron chi connectivity index (χ2n) is 4.62. The van der Waals surface area contributed by atoms with Gasteiger partial charge in [-0.25, -0.2) is 0 Å². The second kappa shape index (κ2) is 6.39. The lowest BCUT2D eigenvalue weighted by Crippen LogP contribution is -2.07. The van der Waals surface area contributed by atoms with Crippen LogP contribution in [0.15, 0.2) is 20.3 Å². The Morgan fingerprint density at radius 3 is 2.57 bits per heavy atom. The molecule has 0 radical (unpaired) electrons. The number of aliphatic carboxylic acids is 1. The number of carbonyl (C=O) groups is 1. The Morgan fingerprint density at radius 2 is 2.00 bits per heavy atom. The van der Waals surface area contributed by atoms with E-state index in [4.69, 9.17) is 19.0 Å². The fourth-order valence-electron chi connectivity index (χ4n) is 2.19. The number of phenolic OH excluding ortho intramolecular Hbond substituents is 1. The molecule has 2 N–H and O–H groups in total. The van der Waals surface area contributed by atoms with Crippen LogP contribution in [0.4, 0.5) is 0 Å². The van der Waals surface area contributed by atoms with Gasteiger partial charge >= 0.3 is 5.97 Å². The summed E-state index contributed by atoms with van der Waals surface area (Å²) in [5.41, 5.74) is -0.303. The number of ether oxygens (including phenoxy) is 2. The van der Waals surface area contributed by atoms with E-state index >= 15 is 0 Å². The highest BCUT2D eigenvalue weighted by atomic mass is 16.5. The van der Waals surface area contributed by atoms with E-state index in [0.29, 0.717) is 5.76 Å². The van der Waals surface area contributed by atoms with Crippen molar-refractivity contribution in [3.63, 3.8) is 0 Å². The summed E-state index contributed by atoms with van der Waals surface area (Å²) < 4.78 is 15.8. The van der Waals surface area contributed by atoms with E-state index in [0.717, 1.165) is 6.21 Å². The van der Waals surface area contributed by atoms with Crippen molar-refractivity contribution < 1.29 is 28.9 Å². The van der Waals surface area contributed by atoms with Crippen molar-refractivity contribution in [2.75, 3.05) is 20.8 Å². The maximum Gasteiger partial charge on any atom is 0.325 e. The van der Waals surface area contributed by atoms with Gasteiger partial charge in [0, 0.05) is 12.3 Å². The average molecular weight is 321 g/mol. The highest BCUT2D eigenvalue weighted by Gasteiger charge is 2.23. The lowest BCUT2D eigenvalue weighted by atomic mass is 10.1. The largest absolute Gasteiger partial charge is 0.504 e. The highest BCUT2D eigenvalue weighted by Crippen LogP contribution is 2.43. The Labute approximate surface area is 130 Å². The molecule has 1 aromatic carbocycles. The van der Waals surface area contributed by atoms with Crippen LogP contribution in [0.5, 0.6) is 17.2 Å². The zero-order chi connectivity index (χ0) is 17.1. The van der Waals surface area contributed by atoms with Gasteiger partial charge in [-0.05, 0) is 6.92 Å². The number of phenols is 1. The van der Waals surface area contributed by atoms with E-state index in [1.807, 2.05) is 0 Å². The molecule has 0 aliphatic carbocycles. The van der Waals surface area contributed by atoms with Gasteiger partial charge in [-0.1, -0.05) is 0 Å². The van der Waals surface area contributed by atoms with E-state index in [-0.39, 0.29) is 39.2 Å². The lowest BCUT2D eigenvalue weighted by molar-refractivity contribution is -0.135. The van der Waals surface area contributed by atoms with Crippen molar-refractivity contribution in [1.82, 2.24) is 0 Å². The first-order chi connectivity index (χ1) is 10.9. The summed E-state index contributed by atoms with van der Waals surface area (Å²) in [4.78, 5) is 26.5. The molecule has 0 unspecified atom stereocenters. The normalized spacial score (nSPS) is 11.1. The van der Waals surface area contributed by atoms with Gasteiger partial charge in [0.1, 0.15) is 23.4 Å². The zero-order valence-electron chi connectivity index (χ0n) is 12.7. The van der Waals surface area contributed by atoms with Gasteiger partial charge in [-0.15, -0.1) is 0 Å². The molecule has 0 bridgehead atoms. The fraction of sp³-hybridized carbons (Fsp3) is 0.267. The molecule has 0 aliphatic rings. The monoisotopic (exact) mass is 321 g/mol. The predicted molar refractivity (Wildman–Crippen MR) is 82.1 cm³/mol. The summed E-state index contributed by atoms with van der Waals surface area (Å²) in [5, 5.41) is 19.1. The highest BCUT2D eigenvalue weighted by molar-refractivity contribution is 6.02. The average Bonchev–Trinajstić information content (AvgIpc) is 2.47. The Kier molecular flexibility index (Phi) is 4.54. The maximum atomic E-state index is 12.3. The molecule has 0 spiro atoms. The first-order valence-corrected chi connectivity index (χ1v) is 6.53. The molecule has 1 heterocycles. The quantitative estimate of drug-likeness (QED) is 0.797. The van der Waals surface area contributed by atoms with Crippen LogP contribution in [0.2, 0.25) is 0 Å². The van der Waals surface area contributed by atoms with Crippen molar-refractivity contribution in [2.24, 2.45) is 4.99 Å². The van der Waals surface area contributed by atoms with Crippen LogP contribution in [0, 0.1) is 6.92 Å². The minimum atomic E-state index is -1.14. The molecular formula is C15H15NO7. The van der Waals surface area contributed by atoms with E-state index < -0.39 is 12.5 Å². The first kappa shape index (κ1) is 16.3. The number of nitrogens with zero attached hydrogens (tertiary/aromatic N) is 1. The van der Waals surface area contributed by atoms with Crippen LogP contribution in [-0.4, -0.2) is 43.2 Å². The van der Waals surface area contributed by atoms with E-state index in [9.17, 15) is 14.7 Å². The van der Waals surface area contributed by atoms with E-state index in [1.54, 1.807) is 6.92 Å². The molecule has 0 saturated carbocycles. The van der Waals surface area contributed by atoms with Gasteiger partial charge in [0.05, 0.1) is 19.8 Å². The van der Waals surface area contributed by atoms with Crippen LogP contribution in [-0.2, 0) is 4.79 Å². The predicted octanol–water partition coefficient (Wildman–Crippen LogP) is 1.33. The lowest BCUT2D eigenvalue weighted by Gasteiger charge is -2.14. The minimum Gasteiger partial charge on any atom is -0.504 e. The summed E-state index contributed by atoms with van der Waals surface area (Å²) >= 11 is 0. The van der Waals surface area contributed by atoms with Crippen LogP contribution in [0.3, 0.4) is 0 Å². The number of aromatic hydroxyl groups is 1. The smallest absolute Gasteiger partial charge is 0.325 e. The van der Waals surface area contributed by atoms with Crippen molar-refractivity contribution in [3.8, 4) is 17.2 Å². The number of rotatable bonds is 5. The SMILES string of the molecule is COc1c(O)c(C=NCC(=O)O)c(OC)c2c(=O)cc(C)oc12. The molecule has 23 heavy (non-hydrogen) atoms. The van der Waals surface area contributed by atoms with E-state index in [1.165, 1.54) is 20.3 Å². The molecule has 0 aliphatic heterocycles. The molecule has 0 amide bonds. The number of aliphatic imine (C=N–C) groups is 1. The summed E-state index contributed by atoms with van der Waals surface area (Å²) in [6.45, 7) is 1.09. The molecule has 1 aromatic heterocycles. The molecule has 0 saturated heterocycles. The number of hydrogen-bond acceptors (Lipinski definition) is 7. The number of methoxy groups -OCH3 is 2. The van der Waals surface area contributed by atoms with Crippen LogP contribution in [0.1, 0.15) is 11.3 Å². The third-order valence-corrected chi connectivity index (χ3v) is 3.07. The molecule has 122 valence electrons. The number of hydrogen-bond donors (Lipinski definition) is 2. The second-order valence-corrected chi connectivity index (χ2v) is 4.62. The summed E-state index contributed by atoms with van der Waals surface area (Å²) in [7, 11) is 2.62. The zero-order valence-corrected chi connectivity index (χ0v) is 12.7. The van der Waals surface area contributed by atoms with Crippen molar-refractivity contribution in [3.05, 3.63) is 27.6 Å². The molecule has 2 aromatic rings. The topological polar surface area (TPSA) is 119 Å². The van der Waals surface area contributed by atoms with Crippen LogP contribution in [0.25, 0.3) is 11.0 Å². The van der Waals surface area contributed by atoms with Gasteiger partial charge in [-0.3, -0.25) is 14.6 Å². The van der Waals surface area contributed by atoms with Gasteiger partial charge in [-0.2, -0.15) is 0 Å². The van der Waals surface area contributed by atoms with Crippen molar-refractivity contribution in [1.29, 1.82) is 0 Å². The third kappa shape index (κ3) is 2.96. The van der Waals surface area contributed by atoms with Crippen LogP contribution >= 0.6 is 0 Å². The minimum absolute atomic E-state index is 0.0289. The molecule has 0 fully saturated rings. The standard InChI is InChI=1S/C15H15NO7/c1-7-4-9(17)11-13(21-2)8(5-16-6-10(18)19)12(20)15(22-3)14(11)23-7/h4-5,20H,6H2,1-3H3,(H,18,19). The van der Waals surface area contributed by atoms with Gasteiger partial charge < -0.3 is 24.1 Å². The fourth-order valence-corrected chi connectivity index (χ4v) is 2.19. The van der Waals surface area contributed by atoms with Gasteiger partial charge in [0.25, 0.3) is 0 Å². The Hall–Kier alpha value is -3.03. The van der Waals surface area contributed by atoms with Crippen molar-refractivity contribution in [2.45, 2.75) is 6.92 Å². The van der Waals surface area contributed by atoms with Gasteiger partial charge in [0.15, 0.2) is 16.8 Å². The Morgan fingerprint density at radius 1 is 1.35 bits per heavy atom. The molecule has 0 atom stereocenters. The molecule has 8 heteroatoms. The number of benzene rings is 1. The summed E-state index contributed by atoms with van der Waals surface area (Å²) in [6, 6.07) is 1.28. The Bertz CT molecular complexity index is 851. The Balaban J connectivity index is 2.87. The summed E-state index contributed by atoms with van der Waals surface area (Å²) in [5.74, 6) is -1.18. The third-order valence-electron chi connectivity index (χ3n) is 3.07. The van der Waals surface area contributed by atoms with Gasteiger partial charge in [0.2, 0.25) is 5.75 Å². The van der Waals surface area contributed by atoms with Crippen LogP contribution < -0.4 is 14.9 Å². The van der Waals surface area contributed by atoms with E-state index in [2.05, 4.69) is 4.99 Å². The summed E-state index contributed by atoms with van der Waals surface area (Å²) in [6.07, 6.45) is 1.11. The number of carboxylic acid groups (broad SMARTS) is 1. The number of fused-ring (bicyclic) bond motifs is 1. The maximum absolute atomic E-state index is 12.3.